The van der Waals surface area contributed by atoms with Crippen LogP contribution in [0.1, 0.15) is 0 Å². The normalized spacial score (nSPS) is 10.2. The Balaban J connectivity index is 2.02. The van der Waals surface area contributed by atoms with Gasteiger partial charge in [-0.25, -0.2) is 15.8 Å². The van der Waals surface area contributed by atoms with E-state index in [0.717, 1.165) is 0 Å². The monoisotopic (exact) mass is 263 g/mol. The number of nitrogens with one attached hydrogen (secondary N) is 2. The summed E-state index contributed by atoms with van der Waals surface area (Å²) in [5.74, 6) is 5.84. The first kappa shape index (κ1) is 12.8. The van der Waals surface area contributed by atoms with Crippen LogP contribution in [-0.2, 0) is 6.54 Å². The Hall–Kier alpha value is -2.68. The van der Waals surface area contributed by atoms with Gasteiger partial charge in [0.05, 0.1) is 23.4 Å². The summed E-state index contributed by atoms with van der Waals surface area (Å²) < 4.78 is 1.88. The molecule has 0 saturated heterocycles. The summed E-state index contributed by atoms with van der Waals surface area (Å²) in [4.78, 5) is 18.2. The second-order valence-electron chi connectivity index (χ2n) is 3.72. The number of aromatic nitrogens is 3. The van der Waals surface area contributed by atoms with Crippen LogP contribution in [0.4, 0.5) is 17.3 Å². The van der Waals surface area contributed by atoms with E-state index >= 15 is 0 Å². The van der Waals surface area contributed by atoms with Gasteiger partial charge < -0.3 is 15.3 Å². The van der Waals surface area contributed by atoms with Crippen LogP contribution in [-0.4, -0.2) is 26.0 Å². The molecule has 100 valence electrons. The Morgan fingerprint density at radius 3 is 2.84 bits per heavy atom. The van der Waals surface area contributed by atoms with Gasteiger partial charge in [0.2, 0.25) is 0 Å². The minimum atomic E-state index is -0.496. The van der Waals surface area contributed by atoms with E-state index in [9.17, 15) is 10.1 Å². The third-order valence-electron chi connectivity index (χ3n) is 2.40. The van der Waals surface area contributed by atoms with E-state index in [4.69, 9.17) is 5.84 Å². The number of nitro groups is 1. The zero-order valence-corrected chi connectivity index (χ0v) is 9.98. The van der Waals surface area contributed by atoms with Gasteiger partial charge in [-0.2, -0.15) is 0 Å². The molecule has 0 aromatic carbocycles. The summed E-state index contributed by atoms with van der Waals surface area (Å²) in [7, 11) is 0. The van der Waals surface area contributed by atoms with Crippen LogP contribution in [0.5, 0.6) is 0 Å². The lowest BCUT2D eigenvalue weighted by molar-refractivity contribution is -0.384. The maximum atomic E-state index is 10.8. The average molecular weight is 263 g/mol. The lowest BCUT2D eigenvalue weighted by Gasteiger charge is -2.07. The van der Waals surface area contributed by atoms with Gasteiger partial charge in [-0.15, -0.1) is 0 Å². The summed E-state index contributed by atoms with van der Waals surface area (Å²) in [5, 5.41) is 13.7. The molecule has 0 saturated carbocycles. The van der Waals surface area contributed by atoms with Crippen LogP contribution in [0, 0.1) is 10.1 Å². The highest BCUT2D eigenvalue weighted by molar-refractivity contribution is 5.54. The maximum Gasteiger partial charge on any atom is 0.276 e. The van der Waals surface area contributed by atoms with Crippen molar-refractivity contribution in [3.05, 3.63) is 41.0 Å². The highest BCUT2D eigenvalue weighted by atomic mass is 16.6. The zero-order valence-electron chi connectivity index (χ0n) is 9.98. The van der Waals surface area contributed by atoms with E-state index in [1.54, 1.807) is 12.5 Å². The molecule has 9 heteroatoms. The van der Waals surface area contributed by atoms with Crippen LogP contribution in [0.15, 0.2) is 30.9 Å². The number of imidazole rings is 1. The first-order chi connectivity index (χ1) is 9.19. The first-order valence-corrected chi connectivity index (χ1v) is 5.52. The molecule has 0 aliphatic rings. The third kappa shape index (κ3) is 3.39. The summed E-state index contributed by atoms with van der Waals surface area (Å²) in [5.41, 5.74) is 2.22. The van der Waals surface area contributed by atoms with Crippen molar-refractivity contribution in [3.8, 4) is 0 Å². The van der Waals surface area contributed by atoms with Crippen LogP contribution < -0.4 is 16.6 Å². The van der Waals surface area contributed by atoms with Gasteiger partial charge in [0.25, 0.3) is 5.69 Å². The molecule has 0 atom stereocenters. The van der Waals surface area contributed by atoms with Gasteiger partial charge in [-0.05, 0) is 0 Å². The van der Waals surface area contributed by atoms with Crippen molar-refractivity contribution in [1.82, 2.24) is 14.5 Å². The Morgan fingerprint density at radius 1 is 1.42 bits per heavy atom. The molecular formula is C10H13N7O2. The predicted molar refractivity (Wildman–Crippen MR) is 69.4 cm³/mol. The number of hydrogen-bond acceptors (Lipinski definition) is 7. The van der Waals surface area contributed by atoms with Crippen molar-refractivity contribution in [2.45, 2.75) is 6.54 Å². The lowest BCUT2D eigenvalue weighted by Crippen LogP contribution is -2.13. The van der Waals surface area contributed by atoms with Gasteiger partial charge in [0.1, 0.15) is 11.6 Å². The third-order valence-corrected chi connectivity index (χ3v) is 2.40. The molecule has 4 N–H and O–H groups in total. The fourth-order valence-corrected chi connectivity index (χ4v) is 1.52. The zero-order chi connectivity index (χ0) is 13.7. The van der Waals surface area contributed by atoms with E-state index in [-0.39, 0.29) is 11.5 Å². The fourth-order valence-electron chi connectivity index (χ4n) is 1.52. The number of rotatable bonds is 6. The fraction of sp³-hybridized carbons (Fsp3) is 0.200. The van der Waals surface area contributed by atoms with Gasteiger partial charge in [0.15, 0.2) is 0 Å². The Kier molecular flexibility index (Phi) is 3.88. The Bertz CT molecular complexity index is 555. The second kappa shape index (κ2) is 5.78. The number of nitrogens with zero attached hydrogens (tertiary/aromatic N) is 4. The standard InChI is InChI=1S/C10H13N7O2/c11-15-10-6-8(17(18)19)5-9(14-10)13-2-4-16-3-1-12-7-16/h1,3,5-7H,2,4,11H2,(H2,13,14,15). The van der Waals surface area contributed by atoms with Crippen molar-refractivity contribution < 1.29 is 4.92 Å². The van der Waals surface area contributed by atoms with Gasteiger partial charge >= 0.3 is 0 Å². The molecule has 2 aromatic heterocycles. The molecule has 0 radical (unpaired) electrons. The number of nitrogen functional groups attached to an aromatic ring is 1. The highest BCUT2D eigenvalue weighted by Crippen LogP contribution is 2.19. The molecule has 0 aliphatic heterocycles. The molecule has 2 rings (SSSR count). The smallest absolute Gasteiger partial charge is 0.276 e. The quantitative estimate of drug-likeness (QED) is 0.395. The molecule has 0 aliphatic carbocycles. The predicted octanol–water partition coefficient (Wildman–Crippen LogP) is 0.584. The summed E-state index contributed by atoms with van der Waals surface area (Å²) in [6.07, 6.45) is 5.20. The average Bonchev–Trinajstić information content (AvgIpc) is 2.91. The minimum Gasteiger partial charge on any atom is -0.368 e. The van der Waals surface area contributed by atoms with Crippen molar-refractivity contribution >= 4 is 17.3 Å². The second-order valence-corrected chi connectivity index (χ2v) is 3.72. The van der Waals surface area contributed by atoms with E-state index in [0.29, 0.717) is 18.9 Å². The van der Waals surface area contributed by atoms with Gasteiger partial charge in [-0.3, -0.25) is 10.1 Å². The van der Waals surface area contributed by atoms with Crippen LogP contribution >= 0.6 is 0 Å². The van der Waals surface area contributed by atoms with Crippen molar-refractivity contribution in [2.75, 3.05) is 17.3 Å². The lowest BCUT2D eigenvalue weighted by atomic mass is 10.3. The van der Waals surface area contributed by atoms with Gasteiger partial charge in [0, 0.05) is 25.5 Å². The van der Waals surface area contributed by atoms with E-state index in [1.807, 2.05) is 10.8 Å². The number of hydrogen-bond donors (Lipinski definition) is 3. The first-order valence-electron chi connectivity index (χ1n) is 5.52. The van der Waals surface area contributed by atoms with Crippen LogP contribution in [0.25, 0.3) is 0 Å². The highest BCUT2D eigenvalue weighted by Gasteiger charge is 2.10. The van der Waals surface area contributed by atoms with Crippen molar-refractivity contribution in [3.63, 3.8) is 0 Å². The number of pyridine rings is 1. The van der Waals surface area contributed by atoms with Crippen LogP contribution in [0.3, 0.4) is 0 Å². The molecule has 0 bridgehead atoms. The molecule has 2 heterocycles. The number of anilines is 2. The van der Waals surface area contributed by atoms with Crippen molar-refractivity contribution in [2.24, 2.45) is 5.84 Å². The molecule has 0 unspecified atom stereocenters. The van der Waals surface area contributed by atoms with Crippen molar-refractivity contribution in [1.29, 1.82) is 0 Å². The van der Waals surface area contributed by atoms with E-state index in [2.05, 4.69) is 20.7 Å². The summed E-state index contributed by atoms with van der Waals surface area (Å²) in [6, 6.07) is 2.62. The molecule has 2 aromatic rings. The largest absolute Gasteiger partial charge is 0.368 e. The van der Waals surface area contributed by atoms with E-state index in [1.165, 1.54) is 12.1 Å². The van der Waals surface area contributed by atoms with E-state index < -0.39 is 4.92 Å². The molecule has 19 heavy (non-hydrogen) atoms. The summed E-state index contributed by atoms with van der Waals surface area (Å²) >= 11 is 0. The topological polar surface area (TPSA) is 124 Å². The molecule has 0 amide bonds. The Morgan fingerprint density at radius 2 is 2.21 bits per heavy atom. The molecule has 9 nitrogen and oxygen atoms in total. The SMILES string of the molecule is NNc1cc([N+](=O)[O-])cc(NCCn2ccnc2)n1. The minimum absolute atomic E-state index is 0.0759. The molecule has 0 spiro atoms. The number of nitrogens with two attached hydrogens (primary N) is 1. The molecule has 0 fully saturated rings. The maximum absolute atomic E-state index is 10.8. The van der Waals surface area contributed by atoms with Crippen LogP contribution in [0.2, 0.25) is 0 Å². The van der Waals surface area contributed by atoms with Gasteiger partial charge in [-0.1, -0.05) is 0 Å². The number of hydrazine groups is 1. The summed E-state index contributed by atoms with van der Waals surface area (Å²) in [6.45, 7) is 1.24. The molecular weight excluding hydrogens is 250 g/mol. The Labute approximate surface area is 108 Å².